The second-order valence-corrected chi connectivity index (χ2v) is 7.85. The van der Waals surface area contributed by atoms with E-state index < -0.39 is 11.7 Å². The molecule has 0 amide bonds. The highest BCUT2D eigenvalue weighted by Gasteiger charge is 2.33. The molecular weight excluding hydrogens is 420 g/mol. The van der Waals surface area contributed by atoms with Crippen molar-refractivity contribution in [3.05, 3.63) is 64.7 Å². The summed E-state index contributed by atoms with van der Waals surface area (Å²) in [6, 6.07) is 14.6. The van der Waals surface area contributed by atoms with Gasteiger partial charge in [-0.25, -0.2) is 0 Å². The number of anilines is 1. The summed E-state index contributed by atoms with van der Waals surface area (Å²) in [4.78, 5) is 2.45. The normalized spacial score (nSPS) is 15.7. The Labute approximate surface area is 181 Å². The SMILES string of the molecule is Cl.FC(F)(F)c1cc(NCCCN2CCC(Cc3ccccc3)CC2)ccc1Cl. The van der Waals surface area contributed by atoms with Crippen LogP contribution in [0.3, 0.4) is 0 Å². The number of likely N-dealkylation sites (tertiary alicyclic amines) is 1. The highest BCUT2D eigenvalue weighted by molar-refractivity contribution is 6.31. The van der Waals surface area contributed by atoms with Gasteiger partial charge in [-0.05, 0) is 75.0 Å². The molecule has 1 aliphatic heterocycles. The van der Waals surface area contributed by atoms with Crippen LogP contribution in [0.4, 0.5) is 18.9 Å². The minimum atomic E-state index is -4.43. The molecule has 1 aliphatic rings. The zero-order chi connectivity index (χ0) is 20.0. The maximum atomic E-state index is 12.9. The van der Waals surface area contributed by atoms with Crippen molar-refractivity contribution in [1.29, 1.82) is 0 Å². The summed E-state index contributed by atoms with van der Waals surface area (Å²) >= 11 is 5.65. The van der Waals surface area contributed by atoms with Crippen LogP contribution >= 0.6 is 24.0 Å². The van der Waals surface area contributed by atoms with Gasteiger partial charge in [0, 0.05) is 12.2 Å². The Hall–Kier alpha value is -1.43. The van der Waals surface area contributed by atoms with Crippen LogP contribution in [0, 0.1) is 5.92 Å². The van der Waals surface area contributed by atoms with E-state index in [1.54, 1.807) is 6.07 Å². The van der Waals surface area contributed by atoms with Gasteiger partial charge in [0.25, 0.3) is 0 Å². The summed E-state index contributed by atoms with van der Waals surface area (Å²) in [5, 5.41) is 2.81. The van der Waals surface area contributed by atoms with Crippen molar-refractivity contribution in [1.82, 2.24) is 4.90 Å². The van der Waals surface area contributed by atoms with E-state index in [4.69, 9.17) is 11.6 Å². The van der Waals surface area contributed by atoms with Crippen molar-refractivity contribution >= 4 is 29.7 Å². The minimum absolute atomic E-state index is 0. The molecule has 1 fully saturated rings. The Bertz CT molecular complexity index is 745. The molecule has 0 radical (unpaired) electrons. The predicted octanol–water partition coefficient (Wildman–Crippen LogP) is 6.54. The number of piperidine rings is 1. The summed E-state index contributed by atoms with van der Waals surface area (Å²) in [6.45, 7) is 3.79. The molecular formula is C22H27Cl2F3N2. The first-order chi connectivity index (χ1) is 13.4. The van der Waals surface area contributed by atoms with Gasteiger partial charge in [0.2, 0.25) is 0 Å². The standard InChI is InChI=1S/C22H26ClF3N2.ClH/c23-21-8-7-19(16-20(21)22(24,25)26)27-11-4-12-28-13-9-18(10-14-28)15-17-5-2-1-3-6-17;/h1-3,5-8,16,18,27H,4,9-15H2;1H. The van der Waals surface area contributed by atoms with Gasteiger partial charge in [-0.1, -0.05) is 41.9 Å². The van der Waals surface area contributed by atoms with Crippen LogP contribution in [0.2, 0.25) is 5.02 Å². The summed E-state index contributed by atoms with van der Waals surface area (Å²) in [5.74, 6) is 0.742. The third kappa shape index (κ3) is 7.40. The van der Waals surface area contributed by atoms with Crippen LogP contribution in [0.25, 0.3) is 0 Å². The average molecular weight is 447 g/mol. The van der Waals surface area contributed by atoms with Crippen molar-refractivity contribution in [3.63, 3.8) is 0 Å². The van der Waals surface area contributed by atoms with Gasteiger partial charge < -0.3 is 10.2 Å². The van der Waals surface area contributed by atoms with Crippen LogP contribution in [-0.4, -0.2) is 31.1 Å². The van der Waals surface area contributed by atoms with Crippen LogP contribution < -0.4 is 5.32 Å². The Balaban J connectivity index is 0.00000300. The van der Waals surface area contributed by atoms with E-state index >= 15 is 0 Å². The molecule has 0 aromatic heterocycles. The Morgan fingerprint density at radius 2 is 1.72 bits per heavy atom. The molecule has 0 unspecified atom stereocenters. The van der Waals surface area contributed by atoms with Crippen LogP contribution in [0.5, 0.6) is 0 Å². The molecule has 2 aromatic carbocycles. The fraction of sp³-hybridized carbons (Fsp3) is 0.455. The minimum Gasteiger partial charge on any atom is -0.385 e. The molecule has 0 aliphatic carbocycles. The first kappa shape index (κ1) is 23.8. The molecule has 7 heteroatoms. The van der Waals surface area contributed by atoms with E-state index in [1.807, 2.05) is 6.07 Å². The zero-order valence-electron chi connectivity index (χ0n) is 16.2. The summed E-state index contributed by atoms with van der Waals surface area (Å²) in [5.41, 5.74) is 1.07. The zero-order valence-corrected chi connectivity index (χ0v) is 17.8. The van der Waals surface area contributed by atoms with Crippen molar-refractivity contribution in [2.75, 3.05) is 31.5 Å². The number of hydrogen-bond acceptors (Lipinski definition) is 2. The van der Waals surface area contributed by atoms with E-state index in [0.29, 0.717) is 12.2 Å². The maximum Gasteiger partial charge on any atom is 0.417 e. The van der Waals surface area contributed by atoms with Gasteiger partial charge in [0.15, 0.2) is 0 Å². The highest BCUT2D eigenvalue weighted by atomic mass is 35.5. The first-order valence-corrected chi connectivity index (χ1v) is 10.2. The van der Waals surface area contributed by atoms with Crippen LogP contribution in [-0.2, 0) is 12.6 Å². The van der Waals surface area contributed by atoms with E-state index in [-0.39, 0.29) is 17.4 Å². The lowest BCUT2D eigenvalue weighted by Gasteiger charge is -2.32. The van der Waals surface area contributed by atoms with Gasteiger partial charge in [-0.3, -0.25) is 0 Å². The topological polar surface area (TPSA) is 15.3 Å². The molecule has 1 saturated heterocycles. The Morgan fingerprint density at radius 3 is 2.38 bits per heavy atom. The van der Waals surface area contributed by atoms with E-state index in [0.717, 1.165) is 44.5 Å². The number of rotatable bonds is 7. The smallest absolute Gasteiger partial charge is 0.385 e. The quantitative estimate of drug-likeness (QED) is 0.485. The molecule has 1 N–H and O–H groups in total. The van der Waals surface area contributed by atoms with Gasteiger partial charge in [-0.15, -0.1) is 12.4 Å². The average Bonchev–Trinajstić information content (AvgIpc) is 2.67. The largest absolute Gasteiger partial charge is 0.417 e. The number of alkyl halides is 3. The molecule has 160 valence electrons. The highest BCUT2D eigenvalue weighted by Crippen LogP contribution is 2.36. The number of nitrogens with one attached hydrogen (secondary N) is 1. The van der Waals surface area contributed by atoms with Crippen molar-refractivity contribution in [2.24, 2.45) is 5.92 Å². The van der Waals surface area contributed by atoms with Gasteiger partial charge >= 0.3 is 6.18 Å². The van der Waals surface area contributed by atoms with Crippen LogP contribution in [0.15, 0.2) is 48.5 Å². The van der Waals surface area contributed by atoms with E-state index in [1.165, 1.54) is 24.5 Å². The molecule has 0 atom stereocenters. The molecule has 2 nitrogen and oxygen atoms in total. The summed E-state index contributed by atoms with van der Waals surface area (Å²) in [7, 11) is 0. The molecule has 0 bridgehead atoms. The van der Waals surface area contributed by atoms with E-state index in [2.05, 4.69) is 34.5 Å². The van der Waals surface area contributed by atoms with Gasteiger partial charge in [0.05, 0.1) is 10.6 Å². The third-order valence-corrected chi connectivity index (χ3v) is 5.66. The third-order valence-electron chi connectivity index (χ3n) is 5.33. The number of halogens is 5. The second kappa shape index (κ2) is 11.1. The molecule has 29 heavy (non-hydrogen) atoms. The van der Waals surface area contributed by atoms with Crippen molar-refractivity contribution < 1.29 is 13.2 Å². The summed E-state index contributed by atoms with van der Waals surface area (Å²) < 4.78 is 38.7. The Morgan fingerprint density at radius 1 is 1.03 bits per heavy atom. The molecule has 1 heterocycles. The lowest BCUT2D eigenvalue weighted by atomic mass is 9.90. The monoisotopic (exact) mass is 446 g/mol. The summed E-state index contributed by atoms with van der Waals surface area (Å²) in [6.07, 6.45) is 0.0173. The first-order valence-electron chi connectivity index (χ1n) is 9.79. The number of hydrogen-bond donors (Lipinski definition) is 1. The van der Waals surface area contributed by atoms with Crippen LogP contribution in [0.1, 0.15) is 30.4 Å². The Kier molecular flexibility index (Phi) is 9.12. The van der Waals surface area contributed by atoms with E-state index in [9.17, 15) is 13.2 Å². The van der Waals surface area contributed by atoms with Crippen molar-refractivity contribution in [2.45, 2.75) is 31.9 Å². The fourth-order valence-corrected chi connectivity index (χ4v) is 3.97. The second-order valence-electron chi connectivity index (χ2n) is 7.45. The molecule has 2 aromatic rings. The molecule has 0 saturated carbocycles. The maximum absolute atomic E-state index is 12.9. The predicted molar refractivity (Wildman–Crippen MR) is 116 cm³/mol. The lowest BCUT2D eigenvalue weighted by Crippen LogP contribution is -2.35. The van der Waals surface area contributed by atoms with Gasteiger partial charge in [-0.2, -0.15) is 13.2 Å². The fourth-order valence-electron chi connectivity index (χ4n) is 3.75. The van der Waals surface area contributed by atoms with Gasteiger partial charge in [0.1, 0.15) is 0 Å². The molecule has 3 rings (SSSR count). The number of nitrogens with zero attached hydrogens (tertiary/aromatic N) is 1. The lowest BCUT2D eigenvalue weighted by molar-refractivity contribution is -0.137. The molecule has 0 spiro atoms. The number of benzene rings is 2. The van der Waals surface area contributed by atoms with Crippen molar-refractivity contribution in [3.8, 4) is 0 Å².